The monoisotopic (exact) mass is 310 g/mol. The van der Waals surface area contributed by atoms with Crippen molar-refractivity contribution < 1.29 is 18.1 Å². The number of anilines is 1. The first-order valence-electron chi connectivity index (χ1n) is 5.96. The van der Waals surface area contributed by atoms with Crippen LogP contribution in [0, 0.1) is 10.1 Å². The van der Waals surface area contributed by atoms with E-state index < -0.39 is 17.5 Å². The molecular weight excluding hydrogens is 297 g/mol. The van der Waals surface area contributed by atoms with Crippen molar-refractivity contribution in [3.63, 3.8) is 0 Å². The molecule has 8 heteroatoms. The predicted molar refractivity (Wildman–Crippen MR) is 71.1 cm³/mol. The van der Waals surface area contributed by atoms with Crippen molar-refractivity contribution in [1.82, 2.24) is 0 Å². The van der Waals surface area contributed by atoms with Crippen LogP contribution in [0.15, 0.2) is 18.2 Å². The zero-order valence-electron chi connectivity index (χ0n) is 10.7. The Bertz CT molecular complexity index is 480. The maximum Gasteiger partial charge on any atom is 0.389 e. The average molecular weight is 311 g/mol. The summed E-state index contributed by atoms with van der Waals surface area (Å²) in [5.74, 6) is 0. The van der Waals surface area contributed by atoms with Crippen molar-refractivity contribution in [3.8, 4) is 0 Å². The van der Waals surface area contributed by atoms with Crippen LogP contribution >= 0.6 is 11.6 Å². The Balaban J connectivity index is 2.54. The Morgan fingerprint density at radius 1 is 1.45 bits per heavy atom. The Labute approximate surface area is 119 Å². The second kappa shape index (κ2) is 6.78. The van der Waals surface area contributed by atoms with E-state index >= 15 is 0 Å². The molecule has 0 aliphatic carbocycles. The first-order chi connectivity index (χ1) is 9.19. The third kappa shape index (κ3) is 5.64. The summed E-state index contributed by atoms with van der Waals surface area (Å²) in [5.41, 5.74) is 0.335. The number of nitro groups is 1. The van der Waals surface area contributed by atoms with Crippen LogP contribution < -0.4 is 5.32 Å². The highest BCUT2D eigenvalue weighted by atomic mass is 35.5. The molecule has 1 unspecified atom stereocenters. The maximum absolute atomic E-state index is 12.0. The number of hydrogen-bond donors (Lipinski definition) is 1. The molecule has 1 atom stereocenters. The minimum Gasteiger partial charge on any atom is -0.381 e. The Morgan fingerprint density at radius 3 is 2.60 bits per heavy atom. The Kier molecular flexibility index (Phi) is 5.62. The quantitative estimate of drug-likeness (QED) is 0.607. The summed E-state index contributed by atoms with van der Waals surface area (Å²) in [5, 5.41) is 13.7. The molecule has 4 nitrogen and oxygen atoms in total. The van der Waals surface area contributed by atoms with Gasteiger partial charge in [0.25, 0.3) is 5.69 Å². The van der Waals surface area contributed by atoms with Crippen LogP contribution in [-0.2, 0) is 0 Å². The molecule has 1 aromatic carbocycles. The molecule has 0 saturated heterocycles. The number of alkyl halides is 3. The summed E-state index contributed by atoms with van der Waals surface area (Å²) in [4.78, 5) is 9.97. The molecule has 20 heavy (non-hydrogen) atoms. The van der Waals surface area contributed by atoms with Gasteiger partial charge < -0.3 is 5.32 Å². The summed E-state index contributed by atoms with van der Waals surface area (Å²) in [6, 6.07) is 3.72. The van der Waals surface area contributed by atoms with Crippen LogP contribution in [0.5, 0.6) is 0 Å². The predicted octanol–water partition coefficient (Wildman–Crippen LogP) is 4.78. The third-order valence-corrected chi connectivity index (χ3v) is 2.98. The molecule has 0 heterocycles. The van der Waals surface area contributed by atoms with Crippen LogP contribution in [0.2, 0.25) is 5.02 Å². The van der Waals surface area contributed by atoms with Gasteiger partial charge in [0, 0.05) is 24.6 Å². The van der Waals surface area contributed by atoms with Crippen molar-refractivity contribution in [2.24, 2.45) is 0 Å². The van der Waals surface area contributed by atoms with E-state index in [1.54, 1.807) is 6.92 Å². The van der Waals surface area contributed by atoms with Gasteiger partial charge in [-0.3, -0.25) is 10.1 Å². The number of hydrogen-bond acceptors (Lipinski definition) is 3. The Morgan fingerprint density at radius 2 is 2.10 bits per heavy atom. The summed E-state index contributed by atoms with van der Waals surface area (Å²) in [7, 11) is 0. The van der Waals surface area contributed by atoms with Gasteiger partial charge in [0.2, 0.25) is 0 Å². The van der Waals surface area contributed by atoms with Crippen LogP contribution in [0.4, 0.5) is 24.5 Å². The average Bonchev–Trinajstić information content (AvgIpc) is 2.29. The highest BCUT2D eigenvalue weighted by Gasteiger charge is 2.26. The first-order valence-corrected chi connectivity index (χ1v) is 6.34. The fourth-order valence-electron chi connectivity index (χ4n) is 1.68. The first kappa shape index (κ1) is 16.6. The number of rotatable bonds is 6. The van der Waals surface area contributed by atoms with Crippen LogP contribution in [-0.4, -0.2) is 17.1 Å². The van der Waals surface area contributed by atoms with Gasteiger partial charge in [-0.2, -0.15) is 13.2 Å². The summed E-state index contributed by atoms with van der Waals surface area (Å²) >= 11 is 5.88. The zero-order valence-corrected chi connectivity index (χ0v) is 11.5. The van der Waals surface area contributed by atoms with Crippen molar-refractivity contribution in [3.05, 3.63) is 33.3 Å². The number of benzene rings is 1. The van der Waals surface area contributed by atoms with Gasteiger partial charge in [-0.15, -0.1) is 0 Å². The Hall–Kier alpha value is -1.50. The van der Waals surface area contributed by atoms with Crippen LogP contribution in [0.3, 0.4) is 0 Å². The number of nitro benzene ring substituents is 1. The smallest absolute Gasteiger partial charge is 0.381 e. The van der Waals surface area contributed by atoms with E-state index in [0.29, 0.717) is 12.1 Å². The summed E-state index contributed by atoms with van der Waals surface area (Å²) in [6.45, 7) is 1.73. The van der Waals surface area contributed by atoms with Gasteiger partial charge in [0.1, 0.15) is 0 Å². The number of nitrogens with zero attached hydrogens (tertiary/aromatic N) is 1. The van der Waals surface area contributed by atoms with Crippen molar-refractivity contribution >= 4 is 23.0 Å². The second-order valence-electron chi connectivity index (χ2n) is 4.47. The molecule has 0 bridgehead atoms. The molecule has 1 aromatic rings. The lowest BCUT2D eigenvalue weighted by atomic mass is 10.1. The molecule has 0 amide bonds. The number of halogens is 4. The fraction of sp³-hybridized carbons (Fsp3) is 0.500. The molecule has 1 N–H and O–H groups in total. The number of non-ortho nitro benzene ring substituents is 1. The largest absolute Gasteiger partial charge is 0.389 e. The molecule has 1 rings (SSSR count). The molecular formula is C12H14ClF3N2O2. The van der Waals surface area contributed by atoms with Crippen molar-refractivity contribution in [2.75, 3.05) is 5.32 Å². The van der Waals surface area contributed by atoms with Gasteiger partial charge in [-0.05, 0) is 25.8 Å². The number of nitrogens with one attached hydrogen (secondary N) is 1. The minimum atomic E-state index is -4.15. The minimum absolute atomic E-state index is 0.0161. The molecule has 0 aliphatic heterocycles. The van der Waals surface area contributed by atoms with Crippen molar-refractivity contribution in [2.45, 2.75) is 38.4 Å². The van der Waals surface area contributed by atoms with E-state index in [9.17, 15) is 23.3 Å². The molecule has 112 valence electrons. The lowest BCUT2D eigenvalue weighted by molar-refractivity contribution is -0.384. The van der Waals surface area contributed by atoms with E-state index in [4.69, 9.17) is 11.6 Å². The second-order valence-corrected chi connectivity index (χ2v) is 4.88. The molecule has 0 aromatic heterocycles. The van der Waals surface area contributed by atoms with Gasteiger partial charge in [-0.1, -0.05) is 11.6 Å². The highest BCUT2D eigenvalue weighted by molar-refractivity contribution is 6.33. The van der Waals surface area contributed by atoms with Gasteiger partial charge in [0.05, 0.1) is 15.6 Å². The topological polar surface area (TPSA) is 55.2 Å². The molecule has 0 fully saturated rings. The van der Waals surface area contributed by atoms with Crippen LogP contribution in [0.1, 0.15) is 26.2 Å². The maximum atomic E-state index is 12.0. The SMILES string of the molecule is CC(CCCC(F)(F)F)Nc1ccc([N+](=O)[O-])cc1Cl. The highest BCUT2D eigenvalue weighted by Crippen LogP contribution is 2.28. The third-order valence-electron chi connectivity index (χ3n) is 2.66. The van der Waals surface area contributed by atoms with Gasteiger partial charge >= 0.3 is 6.18 Å². The molecule has 0 radical (unpaired) electrons. The molecule has 0 spiro atoms. The van der Waals surface area contributed by atoms with Crippen LogP contribution in [0.25, 0.3) is 0 Å². The lowest BCUT2D eigenvalue weighted by Crippen LogP contribution is -2.17. The zero-order chi connectivity index (χ0) is 15.3. The van der Waals surface area contributed by atoms with E-state index in [1.807, 2.05) is 0 Å². The standard InChI is InChI=1S/C12H14ClF3N2O2/c1-8(3-2-6-12(14,15)16)17-11-5-4-9(18(19)20)7-10(11)13/h4-5,7-8,17H,2-3,6H2,1H3. The van der Waals surface area contributed by atoms with Gasteiger partial charge in [-0.25, -0.2) is 0 Å². The van der Waals surface area contributed by atoms with E-state index in [1.165, 1.54) is 18.2 Å². The summed E-state index contributed by atoms with van der Waals surface area (Å²) < 4.78 is 36.0. The van der Waals surface area contributed by atoms with E-state index in [2.05, 4.69) is 5.32 Å². The van der Waals surface area contributed by atoms with E-state index in [-0.39, 0.29) is 23.2 Å². The van der Waals surface area contributed by atoms with E-state index in [0.717, 1.165) is 0 Å². The van der Waals surface area contributed by atoms with Gasteiger partial charge in [0.15, 0.2) is 0 Å². The summed E-state index contributed by atoms with van der Waals surface area (Å²) in [6.07, 6.45) is -4.63. The molecule has 0 aliphatic rings. The fourth-order valence-corrected chi connectivity index (χ4v) is 1.91. The molecule has 0 saturated carbocycles. The lowest BCUT2D eigenvalue weighted by Gasteiger charge is -2.16. The normalized spacial score (nSPS) is 13.1. The van der Waals surface area contributed by atoms with Crippen molar-refractivity contribution in [1.29, 1.82) is 0 Å².